The van der Waals surface area contributed by atoms with Gasteiger partial charge in [0.15, 0.2) is 0 Å². The molecule has 1 saturated carbocycles. The monoisotopic (exact) mass is 259 g/mol. The standard InChI is InChI=1S/C15H21N3O/c1-15(19,10-16-11-7-8-11)9-13-12-5-3-4-6-14(12)18(2)17-13/h3-6,11,16,19H,7-10H2,1-2H3. The van der Waals surface area contributed by atoms with E-state index in [0.717, 1.165) is 16.6 Å². The van der Waals surface area contributed by atoms with Gasteiger partial charge in [-0.1, -0.05) is 18.2 Å². The Bertz CT molecular complexity index is 584. The van der Waals surface area contributed by atoms with Gasteiger partial charge in [-0.3, -0.25) is 4.68 Å². The number of aliphatic hydroxyl groups is 1. The highest BCUT2D eigenvalue weighted by Crippen LogP contribution is 2.23. The first-order chi connectivity index (χ1) is 9.05. The zero-order chi connectivity index (χ0) is 13.5. The maximum atomic E-state index is 10.5. The number of hydrogen-bond acceptors (Lipinski definition) is 3. The molecule has 1 aromatic carbocycles. The Kier molecular flexibility index (Phi) is 3.07. The van der Waals surface area contributed by atoms with Crippen LogP contribution in [0.2, 0.25) is 0 Å². The van der Waals surface area contributed by atoms with E-state index in [2.05, 4.69) is 22.5 Å². The Balaban J connectivity index is 1.79. The predicted molar refractivity (Wildman–Crippen MR) is 76.1 cm³/mol. The van der Waals surface area contributed by atoms with Gasteiger partial charge in [-0.05, 0) is 25.8 Å². The van der Waals surface area contributed by atoms with Crippen molar-refractivity contribution in [3.63, 3.8) is 0 Å². The van der Waals surface area contributed by atoms with Crippen molar-refractivity contribution in [3.05, 3.63) is 30.0 Å². The van der Waals surface area contributed by atoms with E-state index < -0.39 is 5.60 Å². The van der Waals surface area contributed by atoms with Crippen LogP contribution in [0.5, 0.6) is 0 Å². The molecule has 4 heteroatoms. The molecule has 1 fully saturated rings. The van der Waals surface area contributed by atoms with Crippen molar-refractivity contribution in [3.8, 4) is 0 Å². The van der Waals surface area contributed by atoms with E-state index in [1.54, 1.807) is 0 Å². The number of nitrogens with one attached hydrogen (secondary N) is 1. The van der Waals surface area contributed by atoms with Crippen molar-refractivity contribution in [2.75, 3.05) is 6.54 Å². The average Bonchev–Trinajstić information content (AvgIpc) is 3.15. The van der Waals surface area contributed by atoms with Crippen LogP contribution in [-0.2, 0) is 13.5 Å². The number of para-hydroxylation sites is 1. The lowest BCUT2D eigenvalue weighted by Gasteiger charge is -2.23. The molecule has 0 spiro atoms. The lowest BCUT2D eigenvalue weighted by Crippen LogP contribution is -2.40. The zero-order valence-electron chi connectivity index (χ0n) is 11.6. The highest BCUT2D eigenvalue weighted by molar-refractivity contribution is 5.81. The number of hydrogen-bond donors (Lipinski definition) is 2. The molecule has 2 aromatic rings. The number of nitrogens with zero attached hydrogens (tertiary/aromatic N) is 2. The minimum absolute atomic E-state index is 0.577. The van der Waals surface area contributed by atoms with Crippen molar-refractivity contribution in [1.82, 2.24) is 15.1 Å². The molecule has 1 aliphatic rings. The summed E-state index contributed by atoms with van der Waals surface area (Å²) in [5.74, 6) is 0. The van der Waals surface area contributed by atoms with Crippen LogP contribution in [0, 0.1) is 0 Å². The molecule has 1 heterocycles. The summed E-state index contributed by atoms with van der Waals surface area (Å²) < 4.78 is 1.88. The molecule has 3 rings (SSSR count). The van der Waals surface area contributed by atoms with Gasteiger partial charge in [0.25, 0.3) is 0 Å². The van der Waals surface area contributed by atoms with Gasteiger partial charge < -0.3 is 10.4 Å². The Morgan fingerprint density at radius 3 is 2.89 bits per heavy atom. The summed E-state index contributed by atoms with van der Waals surface area (Å²) >= 11 is 0. The van der Waals surface area contributed by atoms with Gasteiger partial charge in [0.05, 0.1) is 16.8 Å². The fourth-order valence-electron chi connectivity index (χ4n) is 2.49. The second kappa shape index (κ2) is 4.62. The van der Waals surface area contributed by atoms with Crippen LogP contribution in [0.15, 0.2) is 24.3 Å². The summed E-state index contributed by atoms with van der Waals surface area (Å²) in [7, 11) is 1.95. The van der Waals surface area contributed by atoms with E-state index in [9.17, 15) is 5.11 Å². The number of benzene rings is 1. The third-order valence-electron chi connectivity index (χ3n) is 3.73. The SMILES string of the molecule is Cn1nc(CC(C)(O)CNC2CC2)c2ccccc21. The van der Waals surface area contributed by atoms with Crippen LogP contribution in [-0.4, -0.2) is 33.1 Å². The first-order valence-electron chi connectivity index (χ1n) is 6.91. The van der Waals surface area contributed by atoms with E-state index in [-0.39, 0.29) is 0 Å². The quantitative estimate of drug-likeness (QED) is 0.858. The average molecular weight is 259 g/mol. The Hall–Kier alpha value is -1.39. The topological polar surface area (TPSA) is 50.1 Å². The fourth-order valence-corrected chi connectivity index (χ4v) is 2.49. The number of aryl methyl sites for hydroxylation is 1. The molecule has 0 amide bonds. The van der Waals surface area contributed by atoms with Gasteiger partial charge in [-0.2, -0.15) is 5.10 Å². The summed E-state index contributed by atoms with van der Waals surface area (Å²) in [4.78, 5) is 0. The highest BCUT2D eigenvalue weighted by atomic mass is 16.3. The lowest BCUT2D eigenvalue weighted by atomic mass is 9.98. The molecule has 4 nitrogen and oxygen atoms in total. The fraction of sp³-hybridized carbons (Fsp3) is 0.533. The van der Waals surface area contributed by atoms with E-state index in [1.807, 2.05) is 30.8 Å². The number of aromatic nitrogens is 2. The first-order valence-corrected chi connectivity index (χ1v) is 6.91. The third-order valence-corrected chi connectivity index (χ3v) is 3.73. The van der Waals surface area contributed by atoms with Gasteiger partial charge >= 0.3 is 0 Å². The summed E-state index contributed by atoms with van der Waals surface area (Å²) in [6.07, 6.45) is 3.05. The van der Waals surface area contributed by atoms with Crippen LogP contribution in [0.3, 0.4) is 0 Å². The largest absolute Gasteiger partial charge is 0.388 e. The Labute approximate surface area is 113 Å². The third kappa shape index (κ3) is 2.80. The minimum atomic E-state index is -0.750. The first kappa shape index (κ1) is 12.6. The smallest absolute Gasteiger partial charge is 0.0799 e. The van der Waals surface area contributed by atoms with Crippen molar-refractivity contribution >= 4 is 10.9 Å². The molecule has 102 valence electrons. The second-order valence-corrected chi connectivity index (χ2v) is 5.92. The molecule has 0 aliphatic heterocycles. The van der Waals surface area contributed by atoms with Crippen LogP contribution in [0.25, 0.3) is 10.9 Å². The van der Waals surface area contributed by atoms with E-state index in [1.165, 1.54) is 12.8 Å². The Morgan fingerprint density at radius 1 is 1.42 bits per heavy atom. The lowest BCUT2D eigenvalue weighted by molar-refractivity contribution is 0.0589. The molecule has 1 atom stereocenters. The summed E-state index contributed by atoms with van der Waals surface area (Å²) in [6, 6.07) is 8.78. The van der Waals surface area contributed by atoms with Gasteiger partial charge in [0, 0.05) is 31.4 Å². The minimum Gasteiger partial charge on any atom is -0.388 e. The number of rotatable bonds is 5. The summed E-state index contributed by atoms with van der Waals surface area (Å²) in [5.41, 5.74) is 1.34. The molecule has 0 bridgehead atoms. The molecule has 0 saturated heterocycles. The van der Waals surface area contributed by atoms with Crippen molar-refractivity contribution in [2.45, 2.75) is 37.8 Å². The van der Waals surface area contributed by atoms with Crippen molar-refractivity contribution < 1.29 is 5.11 Å². The van der Waals surface area contributed by atoms with Crippen LogP contribution in [0.1, 0.15) is 25.5 Å². The van der Waals surface area contributed by atoms with E-state index >= 15 is 0 Å². The Morgan fingerprint density at radius 2 is 2.16 bits per heavy atom. The molecular weight excluding hydrogens is 238 g/mol. The summed E-state index contributed by atoms with van der Waals surface area (Å²) in [6.45, 7) is 2.51. The van der Waals surface area contributed by atoms with Crippen LogP contribution in [0.4, 0.5) is 0 Å². The van der Waals surface area contributed by atoms with E-state index in [4.69, 9.17) is 0 Å². The van der Waals surface area contributed by atoms with Gasteiger partial charge in [0.2, 0.25) is 0 Å². The molecule has 1 unspecified atom stereocenters. The molecule has 2 N–H and O–H groups in total. The van der Waals surface area contributed by atoms with Gasteiger partial charge in [0.1, 0.15) is 0 Å². The van der Waals surface area contributed by atoms with E-state index in [0.29, 0.717) is 19.0 Å². The molecule has 0 radical (unpaired) electrons. The van der Waals surface area contributed by atoms with Gasteiger partial charge in [-0.15, -0.1) is 0 Å². The van der Waals surface area contributed by atoms with Crippen LogP contribution >= 0.6 is 0 Å². The second-order valence-electron chi connectivity index (χ2n) is 5.92. The normalized spacial score (nSPS) is 18.7. The molecule has 1 aliphatic carbocycles. The summed E-state index contributed by atoms with van der Waals surface area (Å²) in [5, 5.41) is 19.6. The molecular formula is C15H21N3O. The highest BCUT2D eigenvalue weighted by Gasteiger charge is 2.28. The maximum absolute atomic E-state index is 10.5. The predicted octanol–water partition coefficient (Wildman–Crippen LogP) is 1.62. The van der Waals surface area contributed by atoms with Crippen molar-refractivity contribution in [2.24, 2.45) is 7.05 Å². The molecule has 19 heavy (non-hydrogen) atoms. The number of fused-ring (bicyclic) bond motifs is 1. The molecule has 1 aromatic heterocycles. The zero-order valence-corrected chi connectivity index (χ0v) is 11.6. The van der Waals surface area contributed by atoms with Crippen molar-refractivity contribution in [1.29, 1.82) is 0 Å². The van der Waals surface area contributed by atoms with Gasteiger partial charge in [-0.25, -0.2) is 0 Å². The van der Waals surface area contributed by atoms with Crippen LogP contribution < -0.4 is 5.32 Å². The maximum Gasteiger partial charge on any atom is 0.0799 e.